The summed E-state index contributed by atoms with van der Waals surface area (Å²) in [6.45, 7) is 4.97. The van der Waals surface area contributed by atoms with Gasteiger partial charge >= 0.3 is 6.09 Å². The summed E-state index contributed by atoms with van der Waals surface area (Å²) < 4.78 is 40.6. The minimum absolute atomic E-state index is 0.200. The van der Waals surface area contributed by atoms with Crippen molar-refractivity contribution in [2.45, 2.75) is 13.1 Å². The summed E-state index contributed by atoms with van der Waals surface area (Å²) in [5.41, 5.74) is 0.811. The second-order valence-corrected chi connectivity index (χ2v) is 8.77. The number of ether oxygens (including phenoxy) is 3. The lowest BCUT2D eigenvalue weighted by Gasteiger charge is -2.25. The Morgan fingerprint density at radius 2 is 1.69 bits per heavy atom. The molecule has 1 aliphatic rings. The fourth-order valence-corrected chi connectivity index (χ4v) is 3.86. The van der Waals surface area contributed by atoms with Crippen molar-refractivity contribution in [2.24, 2.45) is 0 Å². The van der Waals surface area contributed by atoms with Gasteiger partial charge in [0.15, 0.2) is 9.84 Å². The first kappa shape index (κ1) is 23.5. The number of hydrogen-bond acceptors (Lipinski definition) is 9. The predicted molar refractivity (Wildman–Crippen MR) is 102 cm³/mol. The Morgan fingerprint density at radius 1 is 1.07 bits per heavy atom. The molecule has 13 heteroatoms. The normalized spacial score (nSPS) is 16.7. The second kappa shape index (κ2) is 12.7. The number of aromatic nitrogens is 3. The van der Waals surface area contributed by atoms with E-state index in [1.54, 1.807) is 4.68 Å². The van der Waals surface area contributed by atoms with Crippen molar-refractivity contribution in [3.05, 3.63) is 11.9 Å². The maximum Gasteiger partial charge on any atom is 0.404 e. The molecule has 166 valence electrons. The summed E-state index contributed by atoms with van der Waals surface area (Å²) in [5, 5.41) is 18.8. The van der Waals surface area contributed by atoms with Gasteiger partial charge in [-0.3, -0.25) is 4.90 Å². The van der Waals surface area contributed by atoms with Crippen molar-refractivity contribution >= 4 is 15.9 Å². The van der Waals surface area contributed by atoms with Crippen molar-refractivity contribution in [3.8, 4) is 0 Å². The topological polar surface area (TPSA) is 145 Å². The molecule has 29 heavy (non-hydrogen) atoms. The molecule has 1 saturated heterocycles. The van der Waals surface area contributed by atoms with E-state index in [1.807, 2.05) is 6.20 Å². The lowest BCUT2D eigenvalue weighted by Crippen LogP contribution is -2.39. The van der Waals surface area contributed by atoms with Crippen LogP contribution in [0.5, 0.6) is 0 Å². The van der Waals surface area contributed by atoms with Crippen LogP contribution in [0.3, 0.4) is 0 Å². The van der Waals surface area contributed by atoms with Gasteiger partial charge in [0.2, 0.25) is 0 Å². The van der Waals surface area contributed by atoms with Gasteiger partial charge in [0.1, 0.15) is 0 Å². The number of rotatable bonds is 14. The lowest BCUT2D eigenvalue weighted by molar-refractivity contribution is 0.0133. The van der Waals surface area contributed by atoms with E-state index in [2.05, 4.69) is 20.5 Å². The predicted octanol–water partition coefficient (Wildman–Crippen LogP) is -1.17. The zero-order valence-corrected chi connectivity index (χ0v) is 17.2. The first-order valence-electron chi connectivity index (χ1n) is 9.46. The van der Waals surface area contributed by atoms with E-state index in [0.29, 0.717) is 65.8 Å². The number of sulfone groups is 1. The zero-order valence-electron chi connectivity index (χ0n) is 16.4. The highest BCUT2D eigenvalue weighted by atomic mass is 32.2. The van der Waals surface area contributed by atoms with E-state index in [1.165, 1.54) is 0 Å². The van der Waals surface area contributed by atoms with Gasteiger partial charge in [-0.15, -0.1) is 5.10 Å². The zero-order chi connectivity index (χ0) is 21.0. The fraction of sp³-hybridized carbons (Fsp3) is 0.812. The van der Waals surface area contributed by atoms with Gasteiger partial charge in [-0.1, -0.05) is 5.21 Å². The van der Waals surface area contributed by atoms with Crippen LogP contribution in [0, 0.1) is 0 Å². The van der Waals surface area contributed by atoms with Crippen LogP contribution in [0.1, 0.15) is 5.69 Å². The summed E-state index contributed by atoms with van der Waals surface area (Å²) in [6, 6.07) is 0. The molecule has 0 bridgehead atoms. The summed E-state index contributed by atoms with van der Waals surface area (Å²) in [4.78, 5) is 12.3. The smallest absolute Gasteiger partial charge is 0.404 e. The molecule has 0 spiro atoms. The van der Waals surface area contributed by atoms with Crippen LogP contribution in [0.2, 0.25) is 0 Å². The molecule has 12 nitrogen and oxygen atoms in total. The minimum Gasteiger partial charge on any atom is -0.465 e. The Bertz CT molecular complexity index is 698. The van der Waals surface area contributed by atoms with E-state index >= 15 is 0 Å². The number of nitrogens with one attached hydrogen (secondary N) is 1. The number of hydrogen-bond donors (Lipinski definition) is 2. The van der Waals surface area contributed by atoms with Crippen molar-refractivity contribution < 1.29 is 32.5 Å². The summed E-state index contributed by atoms with van der Waals surface area (Å²) >= 11 is 0. The highest BCUT2D eigenvalue weighted by molar-refractivity contribution is 7.91. The van der Waals surface area contributed by atoms with Crippen LogP contribution in [0.15, 0.2) is 6.20 Å². The Hall–Kier alpha value is -1.80. The van der Waals surface area contributed by atoms with Crippen LogP contribution >= 0.6 is 0 Å². The molecule has 2 N–H and O–H groups in total. The molecule has 0 aliphatic carbocycles. The van der Waals surface area contributed by atoms with Crippen molar-refractivity contribution in [1.29, 1.82) is 0 Å². The van der Waals surface area contributed by atoms with Crippen LogP contribution < -0.4 is 5.32 Å². The van der Waals surface area contributed by atoms with Gasteiger partial charge in [0.25, 0.3) is 0 Å². The van der Waals surface area contributed by atoms with Gasteiger partial charge in [-0.2, -0.15) is 0 Å². The van der Waals surface area contributed by atoms with Crippen LogP contribution in [-0.2, 0) is 37.1 Å². The Kier molecular flexibility index (Phi) is 10.3. The van der Waals surface area contributed by atoms with Gasteiger partial charge in [0, 0.05) is 32.4 Å². The minimum atomic E-state index is -2.87. The van der Waals surface area contributed by atoms with Crippen LogP contribution in [0.25, 0.3) is 0 Å². The fourth-order valence-electron chi connectivity index (χ4n) is 2.59. The van der Waals surface area contributed by atoms with E-state index in [0.717, 1.165) is 5.69 Å². The molecule has 1 aromatic heterocycles. The number of carbonyl (C=O) groups is 1. The SMILES string of the molecule is O=C(O)NCCOCCOCCOCCn1cc(CN2CCS(=O)(=O)CC2)nn1. The van der Waals surface area contributed by atoms with Crippen LogP contribution in [0.4, 0.5) is 4.79 Å². The summed E-state index contributed by atoms with van der Waals surface area (Å²) in [6.07, 6.45) is 0.781. The quantitative estimate of drug-likeness (QED) is 0.343. The van der Waals surface area contributed by atoms with E-state index in [4.69, 9.17) is 19.3 Å². The molecule has 1 aromatic rings. The Morgan fingerprint density at radius 3 is 2.34 bits per heavy atom. The molecule has 0 radical (unpaired) electrons. The van der Waals surface area contributed by atoms with Gasteiger partial charge in [-0.25, -0.2) is 17.9 Å². The van der Waals surface area contributed by atoms with Crippen molar-refractivity contribution in [2.75, 3.05) is 70.8 Å². The molecule has 2 heterocycles. The molecular formula is C16H29N5O7S. The Labute approximate surface area is 170 Å². The maximum atomic E-state index is 11.4. The second-order valence-electron chi connectivity index (χ2n) is 6.47. The largest absolute Gasteiger partial charge is 0.465 e. The van der Waals surface area contributed by atoms with Crippen molar-refractivity contribution in [1.82, 2.24) is 25.2 Å². The third-order valence-electron chi connectivity index (χ3n) is 4.14. The maximum absolute atomic E-state index is 11.4. The molecule has 0 aromatic carbocycles. The molecule has 1 aliphatic heterocycles. The highest BCUT2D eigenvalue weighted by Gasteiger charge is 2.22. The molecule has 0 atom stereocenters. The number of nitrogens with zero attached hydrogens (tertiary/aromatic N) is 4. The standard InChI is InChI=1S/C16H29N5O7S/c22-16(23)17-1-5-26-7-9-28-10-8-27-6-2-21-14-15(18-19-21)13-20-3-11-29(24,25)12-4-20/h14,17H,1-13H2,(H,22,23). The molecule has 1 amide bonds. The van der Waals surface area contributed by atoms with Gasteiger partial charge < -0.3 is 24.6 Å². The first-order valence-corrected chi connectivity index (χ1v) is 11.3. The van der Waals surface area contributed by atoms with E-state index < -0.39 is 15.9 Å². The summed E-state index contributed by atoms with van der Waals surface area (Å²) in [7, 11) is -2.87. The van der Waals surface area contributed by atoms with E-state index in [9.17, 15) is 13.2 Å². The molecule has 1 fully saturated rings. The van der Waals surface area contributed by atoms with Crippen molar-refractivity contribution in [3.63, 3.8) is 0 Å². The molecule has 0 saturated carbocycles. The molecule has 2 rings (SSSR count). The summed E-state index contributed by atoms with van der Waals surface area (Å²) in [5.74, 6) is 0.399. The number of carboxylic acid groups (broad SMARTS) is 1. The Balaban J connectivity index is 1.44. The van der Waals surface area contributed by atoms with Gasteiger partial charge in [-0.05, 0) is 0 Å². The van der Waals surface area contributed by atoms with E-state index in [-0.39, 0.29) is 18.1 Å². The first-order chi connectivity index (χ1) is 13.9. The monoisotopic (exact) mass is 435 g/mol. The number of amides is 1. The average molecular weight is 436 g/mol. The van der Waals surface area contributed by atoms with Gasteiger partial charge in [0.05, 0.1) is 63.4 Å². The highest BCUT2D eigenvalue weighted by Crippen LogP contribution is 2.07. The van der Waals surface area contributed by atoms with Crippen LogP contribution in [-0.4, -0.2) is 110 Å². The molecular weight excluding hydrogens is 406 g/mol. The third kappa shape index (κ3) is 10.5. The molecule has 0 unspecified atom stereocenters. The lowest BCUT2D eigenvalue weighted by atomic mass is 10.4. The third-order valence-corrected chi connectivity index (χ3v) is 5.75. The average Bonchev–Trinajstić information content (AvgIpc) is 3.11.